The van der Waals surface area contributed by atoms with Gasteiger partial charge in [-0.05, 0) is 51.3 Å². The van der Waals surface area contributed by atoms with Crippen LogP contribution in [-0.2, 0) is 14.3 Å². The Morgan fingerprint density at radius 3 is 2.68 bits per heavy atom. The molecule has 1 aromatic carbocycles. The highest BCUT2D eigenvalue weighted by atomic mass is 16.7. The first-order chi connectivity index (χ1) is 13.2. The van der Waals surface area contributed by atoms with E-state index >= 15 is 0 Å². The molecule has 0 aromatic heterocycles. The van der Waals surface area contributed by atoms with Crippen LogP contribution in [0.5, 0.6) is 11.5 Å². The summed E-state index contributed by atoms with van der Waals surface area (Å²) in [5, 5.41) is 0. The van der Waals surface area contributed by atoms with E-state index < -0.39 is 11.6 Å². The summed E-state index contributed by atoms with van der Waals surface area (Å²) < 4.78 is 16.3. The summed E-state index contributed by atoms with van der Waals surface area (Å²) in [5.41, 5.74) is 0.365. The van der Waals surface area contributed by atoms with Crippen molar-refractivity contribution in [3.63, 3.8) is 0 Å². The van der Waals surface area contributed by atoms with Crippen LogP contribution < -0.4 is 9.47 Å². The molecular weight excluding hydrogens is 358 g/mol. The zero-order valence-corrected chi connectivity index (χ0v) is 17.1. The fourth-order valence-electron chi connectivity index (χ4n) is 3.81. The first-order valence-corrected chi connectivity index (χ1v) is 9.76. The highest BCUT2D eigenvalue weighted by Gasteiger charge is 2.39. The van der Waals surface area contributed by atoms with Gasteiger partial charge in [-0.3, -0.25) is 4.79 Å². The van der Waals surface area contributed by atoms with Crippen molar-refractivity contribution in [3.8, 4) is 11.5 Å². The lowest BCUT2D eigenvalue weighted by molar-refractivity contribution is -0.163. The van der Waals surface area contributed by atoms with E-state index in [1.54, 1.807) is 11.0 Å². The second-order valence-corrected chi connectivity index (χ2v) is 8.39. The van der Waals surface area contributed by atoms with E-state index in [9.17, 15) is 9.59 Å². The molecular formula is C22H29NO5. The minimum absolute atomic E-state index is 0.0593. The Hall–Kier alpha value is -2.50. The molecule has 0 saturated carbocycles. The van der Waals surface area contributed by atoms with Crippen LogP contribution in [0.2, 0.25) is 0 Å². The van der Waals surface area contributed by atoms with Gasteiger partial charge in [0.25, 0.3) is 0 Å². The first-order valence-electron chi connectivity index (χ1n) is 9.76. The van der Waals surface area contributed by atoms with Crippen molar-refractivity contribution >= 4 is 11.9 Å². The Kier molecular flexibility index (Phi) is 5.68. The van der Waals surface area contributed by atoms with E-state index in [1.807, 2.05) is 45.9 Å². The van der Waals surface area contributed by atoms with Gasteiger partial charge in [-0.15, -0.1) is 6.58 Å². The number of esters is 1. The summed E-state index contributed by atoms with van der Waals surface area (Å²) >= 11 is 0. The first kappa shape index (κ1) is 20.2. The number of allylic oxidation sites excluding steroid dienone is 1. The van der Waals surface area contributed by atoms with Crippen LogP contribution in [0, 0.1) is 5.92 Å². The summed E-state index contributed by atoms with van der Waals surface area (Å²) in [6, 6.07) is 5.16. The number of hydrogen-bond acceptors (Lipinski definition) is 5. The third kappa shape index (κ3) is 4.16. The number of nitrogens with zero attached hydrogens (tertiary/aromatic N) is 1. The number of hydrogen-bond donors (Lipinski definition) is 0. The smallest absolute Gasteiger partial charge is 0.329 e. The van der Waals surface area contributed by atoms with Crippen LogP contribution in [0.25, 0.3) is 0 Å². The fourth-order valence-corrected chi connectivity index (χ4v) is 3.81. The van der Waals surface area contributed by atoms with Crippen molar-refractivity contribution in [2.45, 2.75) is 58.1 Å². The predicted octanol–water partition coefficient (Wildman–Crippen LogP) is 3.65. The van der Waals surface area contributed by atoms with Crippen LogP contribution >= 0.6 is 0 Å². The molecule has 0 unspecified atom stereocenters. The molecule has 2 aliphatic heterocycles. The van der Waals surface area contributed by atoms with E-state index in [0.29, 0.717) is 24.5 Å². The average Bonchev–Trinajstić information content (AvgIpc) is 3.29. The van der Waals surface area contributed by atoms with Crippen molar-refractivity contribution in [1.29, 1.82) is 0 Å². The molecule has 3 rings (SSSR count). The molecule has 1 aromatic rings. The molecule has 0 radical (unpaired) electrons. The Labute approximate surface area is 166 Å². The maximum absolute atomic E-state index is 13.2. The minimum Gasteiger partial charge on any atom is -0.458 e. The molecule has 3 atom stereocenters. The van der Waals surface area contributed by atoms with E-state index in [0.717, 1.165) is 12.0 Å². The molecule has 28 heavy (non-hydrogen) atoms. The normalized spacial score (nSPS) is 20.6. The summed E-state index contributed by atoms with van der Waals surface area (Å²) in [6.07, 6.45) is 3.21. The lowest BCUT2D eigenvalue weighted by atomic mass is 9.86. The molecule has 0 N–H and O–H groups in total. The summed E-state index contributed by atoms with van der Waals surface area (Å²) in [7, 11) is 0. The highest BCUT2D eigenvalue weighted by Crippen LogP contribution is 2.38. The number of carbonyl (C=O) groups excluding carboxylic acids is 2. The SMILES string of the molecule is C=C[C@H](c1ccc2c(c1)OCO2)[C@@H](C)C(=O)N1CCC[C@H]1C(=O)OC(C)(C)C. The van der Waals surface area contributed by atoms with Crippen LogP contribution in [0.15, 0.2) is 30.9 Å². The summed E-state index contributed by atoms with van der Waals surface area (Å²) in [6.45, 7) is 12.1. The zero-order chi connectivity index (χ0) is 20.5. The molecule has 1 fully saturated rings. The topological polar surface area (TPSA) is 65.1 Å². The van der Waals surface area contributed by atoms with Crippen molar-refractivity contribution in [1.82, 2.24) is 4.90 Å². The van der Waals surface area contributed by atoms with Crippen LogP contribution in [0.1, 0.15) is 52.0 Å². The molecule has 152 valence electrons. The van der Waals surface area contributed by atoms with Crippen LogP contribution in [0.4, 0.5) is 0 Å². The molecule has 6 nitrogen and oxygen atoms in total. The molecule has 2 heterocycles. The highest BCUT2D eigenvalue weighted by molar-refractivity contribution is 5.87. The number of ether oxygens (including phenoxy) is 3. The van der Waals surface area contributed by atoms with Gasteiger partial charge in [0.1, 0.15) is 11.6 Å². The molecule has 0 bridgehead atoms. The number of carbonyl (C=O) groups is 2. The van der Waals surface area contributed by atoms with Gasteiger partial charge in [0.05, 0.1) is 0 Å². The Bertz CT molecular complexity index is 767. The lowest BCUT2D eigenvalue weighted by Crippen LogP contribution is -2.46. The third-order valence-electron chi connectivity index (χ3n) is 5.18. The Balaban J connectivity index is 1.76. The second kappa shape index (κ2) is 7.86. The van der Waals surface area contributed by atoms with Crippen molar-refractivity contribution in [2.24, 2.45) is 5.92 Å². The molecule has 1 saturated heterocycles. The number of rotatable bonds is 5. The quantitative estimate of drug-likeness (QED) is 0.570. The van der Waals surface area contributed by atoms with Gasteiger partial charge in [0.2, 0.25) is 12.7 Å². The number of likely N-dealkylation sites (tertiary alicyclic amines) is 1. The van der Waals surface area contributed by atoms with Gasteiger partial charge in [-0.1, -0.05) is 19.1 Å². The summed E-state index contributed by atoms with van der Waals surface area (Å²) in [4.78, 5) is 27.5. The van der Waals surface area contributed by atoms with E-state index in [2.05, 4.69) is 6.58 Å². The molecule has 1 amide bonds. The third-order valence-corrected chi connectivity index (χ3v) is 5.18. The maximum atomic E-state index is 13.2. The minimum atomic E-state index is -0.573. The number of fused-ring (bicyclic) bond motifs is 1. The maximum Gasteiger partial charge on any atom is 0.329 e. The lowest BCUT2D eigenvalue weighted by Gasteiger charge is -2.31. The van der Waals surface area contributed by atoms with Gasteiger partial charge in [-0.2, -0.15) is 0 Å². The molecule has 0 spiro atoms. The van der Waals surface area contributed by atoms with Gasteiger partial charge in [-0.25, -0.2) is 4.79 Å². The number of amides is 1. The number of benzene rings is 1. The molecule has 0 aliphatic carbocycles. The van der Waals surface area contributed by atoms with E-state index in [-0.39, 0.29) is 30.5 Å². The van der Waals surface area contributed by atoms with Crippen molar-refractivity contribution in [2.75, 3.05) is 13.3 Å². The zero-order valence-electron chi connectivity index (χ0n) is 17.1. The molecule has 6 heteroatoms. The van der Waals surface area contributed by atoms with Gasteiger partial charge >= 0.3 is 5.97 Å². The molecule has 2 aliphatic rings. The van der Waals surface area contributed by atoms with Crippen molar-refractivity contribution in [3.05, 3.63) is 36.4 Å². The largest absolute Gasteiger partial charge is 0.458 e. The monoisotopic (exact) mass is 387 g/mol. The average molecular weight is 387 g/mol. The second-order valence-electron chi connectivity index (χ2n) is 8.39. The van der Waals surface area contributed by atoms with Crippen LogP contribution in [-0.4, -0.2) is 41.8 Å². The predicted molar refractivity (Wildman–Crippen MR) is 105 cm³/mol. The Morgan fingerprint density at radius 1 is 1.29 bits per heavy atom. The van der Waals surface area contributed by atoms with E-state index in [1.165, 1.54) is 0 Å². The van der Waals surface area contributed by atoms with E-state index in [4.69, 9.17) is 14.2 Å². The van der Waals surface area contributed by atoms with Gasteiger partial charge in [0, 0.05) is 18.4 Å². The summed E-state index contributed by atoms with van der Waals surface area (Å²) in [5.74, 6) is 0.439. The van der Waals surface area contributed by atoms with Gasteiger partial charge in [0.15, 0.2) is 11.5 Å². The van der Waals surface area contributed by atoms with Crippen molar-refractivity contribution < 1.29 is 23.8 Å². The fraction of sp³-hybridized carbons (Fsp3) is 0.545. The van der Waals surface area contributed by atoms with Crippen LogP contribution in [0.3, 0.4) is 0 Å². The van der Waals surface area contributed by atoms with Gasteiger partial charge < -0.3 is 19.1 Å². The standard InChI is InChI=1S/C22H29NO5/c1-6-16(15-9-10-18-19(12-15)27-13-26-18)14(2)20(24)23-11-7-8-17(23)21(25)28-22(3,4)5/h6,9-10,12,14,16-17H,1,7-8,11,13H2,2-5H3/t14-,16+,17+/m1/s1. The Morgan fingerprint density at radius 2 is 2.00 bits per heavy atom.